The molecule has 0 aliphatic carbocycles. The molecular formula is C100H73BN4. The van der Waals surface area contributed by atoms with Gasteiger partial charge in [0.05, 0.1) is 39.1 Å². The van der Waals surface area contributed by atoms with Crippen LogP contribution in [0, 0.1) is 0 Å². The molecule has 0 unspecified atom stereocenters. The number of benzene rings is 17. The Kier molecular flexibility index (Phi) is 13.3. The first kappa shape index (κ1) is 61.0. The molecule has 496 valence electrons. The summed E-state index contributed by atoms with van der Waals surface area (Å²) in [6.07, 6.45) is 0. The molecule has 0 spiro atoms. The summed E-state index contributed by atoms with van der Waals surface area (Å²) in [6.45, 7) is 13.9. The lowest BCUT2D eigenvalue weighted by atomic mass is 9.33. The normalized spacial score (nSPS) is 13.0. The summed E-state index contributed by atoms with van der Waals surface area (Å²) in [4.78, 5) is 5.48. The van der Waals surface area contributed by atoms with Crippen molar-refractivity contribution in [1.29, 1.82) is 0 Å². The summed E-state index contributed by atoms with van der Waals surface area (Å²) in [6, 6.07) is 127. The van der Waals surface area contributed by atoms with E-state index in [1.165, 1.54) is 103 Å². The number of fused-ring (bicyclic) bond motifs is 8. The van der Waals surface area contributed by atoms with Crippen molar-refractivity contribution in [2.24, 2.45) is 0 Å². The molecule has 0 fully saturated rings. The molecule has 2 aromatic heterocycles. The zero-order valence-electron chi connectivity index (χ0n) is 59.6. The van der Waals surface area contributed by atoms with Crippen molar-refractivity contribution >= 4 is 133 Å². The zero-order chi connectivity index (χ0) is 70.1. The quantitative estimate of drug-likeness (QED) is 0.0814. The van der Waals surface area contributed by atoms with Crippen LogP contribution in [0.4, 0.5) is 34.1 Å². The van der Waals surface area contributed by atoms with Crippen molar-refractivity contribution in [1.82, 2.24) is 9.13 Å². The minimum Gasteiger partial charge on any atom is -0.310 e. The van der Waals surface area contributed by atoms with Gasteiger partial charge in [0.25, 0.3) is 6.71 Å². The van der Waals surface area contributed by atoms with Crippen LogP contribution in [0.25, 0.3) is 143 Å². The molecule has 105 heavy (non-hydrogen) atoms. The fourth-order valence-electron chi connectivity index (χ4n) is 18.2. The van der Waals surface area contributed by atoms with E-state index in [0.29, 0.717) is 0 Å². The molecule has 4 heterocycles. The predicted molar refractivity (Wildman–Crippen MR) is 449 cm³/mol. The second-order valence-corrected chi connectivity index (χ2v) is 31.1. The van der Waals surface area contributed by atoms with E-state index in [9.17, 15) is 0 Å². The third-order valence-electron chi connectivity index (χ3n) is 23.1. The lowest BCUT2D eigenvalue weighted by Crippen LogP contribution is -2.61. The highest BCUT2D eigenvalue weighted by Crippen LogP contribution is 2.57. The molecule has 0 N–H and O–H groups in total. The van der Waals surface area contributed by atoms with Crippen molar-refractivity contribution in [3.8, 4) is 67.0 Å². The van der Waals surface area contributed by atoms with Crippen LogP contribution in [0.5, 0.6) is 0 Å². The van der Waals surface area contributed by atoms with Crippen LogP contribution in [0.15, 0.2) is 334 Å². The van der Waals surface area contributed by atoms with E-state index in [2.05, 4.69) is 394 Å². The van der Waals surface area contributed by atoms with Crippen molar-refractivity contribution in [2.45, 2.75) is 52.4 Å². The first-order chi connectivity index (χ1) is 51.4. The zero-order valence-corrected chi connectivity index (χ0v) is 59.6. The number of nitrogens with zero attached hydrogens (tertiary/aromatic N) is 4. The van der Waals surface area contributed by atoms with Crippen molar-refractivity contribution < 1.29 is 0 Å². The molecule has 0 bridgehead atoms. The van der Waals surface area contributed by atoms with Gasteiger partial charge in [0, 0.05) is 72.2 Å². The molecule has 2 aliphatic heterocycles. The van der Waals surface area contributed by atoms with Crippen LogP contribution in [0.2, 0.25) is 0 Å². The number of rotatable bonds is 9. The lowest BCUT2D eigenvalue weighted by molar-refractivity contribution is 0.590. The van der Waals surface area contributed by atoms with Gasteiger partial charge >= 0.3 is 0 Å². The summed E-state index contributed by atoms with van der Waals surface area (Å²) in [5.74, 6) is 0. The van der Waals surface area contributed by atoms with Crippen molar-refractivity contribution in [3.05, 3.63) is 345 Å². The Morgan fingerprint density at radius 3 is 1.04 bits per heavy atom. The first-order valence-electron chi connectivity index (χ1n) is 37.0. The monoisotopic (exact) mass is 1340 g/mol. The third-order valence-corrected chi connectivity index (χ3v) is 23.1. The van der Waals surface area contributed by atoms with Crippen molar-refractivity contribution in [3.63, 3.8) is 0 Å². The summed E-state index contributed by atoms with van der Waals surface area (Å²) >= 11 is 0. The van der Waals surface area contributed by atoms with E-state index in [-0.39, 0.29) is 17.5 Å². The smallest absolute Gasteiger partial charge is 0.252 e. The Bertz CT molecular complexity index is 6440. The number of aromatic nitrogens is 2. The number of hydrogen-bond acceptors (Lipinski definition) is 2. The molecule has 5 heteroatoms. The summed E-state index contributed by atoms with van der Waals surface area (Å²) in [5.41, 5.74) is 30.9. The van der Waals surface area contributed by atoms with Gasteiger partial charge in [0.1, 0.15) is 0 Å². The van der Waals surface area contributed by atoms with Crippen LogP contribution in [-0.2, 0) is 10.8 Å². The highest BCUT2D eigenvalue weighted by atomic mass is 15.2. The molecular weight excluding hydrogens is 1270 g/mol. The largest absolute Gasteiger partial charge is 0.310 e. The molecule has 0 radical (unpaired) electrons. The topological polar surface area (TPSA) is 16.3 Å². The Labute approximate surface area is 612 Å². The Morgan fingerprint density at radius 2 is 0.610 bits per heavy atom. The highest BCUT2D eigenvalue weighted by molar-refractivity contribution is 7.00. The maximum atomic E-state index is 2.75. The average molecular weight is 1340 g/mol. The van der Waals surface area contributed by atoms with Gasteiger partial charge < -0.3 is 18.9 Å². The number of para-hydroxylation sites is 2. The molecule has 17 aromatic carbocycles. The van der Waals surface area contributed by atoms with E-state index in [0.717, 1.165) is 101 Å². The molecule has 4 nitrogen and oxygen atoms in total. The van der Waals surface area contributed by atoms with Crippen LogP contribution in [0.1, 0.15) is 52.7 Å². The molecule has 0 atom stereocenters. The van der Waals surface area contributed by atoms with Crippen LogP contribution in [0.3, 0.4) is 0 Å². The Balaban J connectivity index is 0.991. The Morgan fingerprint density at radius 1 is 0.248 bits per heavy atom. The SMILES string of the molecule is CC(C)(C)c1cc(-c2ccccc2)c(N2c3cc(-c4ccccc4)ccc3B3c4ccc(-n5c6ccccc6c6ccccc65)cc4N(c4c(-c5ccccc5)cc(C(C)(C)C)cc4-c4ccccc4)c4cc(-n5c6ccc7cccc8c9cccc%10ccc5c(c%109)c6c78)cc2c43)c(-c2ccccc2)c1. The van der Waals surface area contributed by atoms with E-state index < -0.39 is 0 Å². The maximum Gasteiger partial charge on any atom is 0.252 e. The van der Waals surface area contributed by atoms with E-state index in [1.54, 1.807) is 0 Å². The van der Waals surface area contributed by atoms with Crippen molar-refractivity contribution in [2.75, 3.05) is 9.80 Å². The molecule has 21 rings (SSSR count). The average Bonchev–Trinajstić information content (AvgIpc) is 1.58. The summed E-state index contributed by atoms with van der Waals surface area (Å²) < 4.78 is 5.15. The van der Waals surface area contributed by atoms with Crippen LogP contribution >= 0.6 is 0 Å². The third kappa shape index (κ3) is 9.20. The summed E-state index contributed by atoms with van der Waals surface area (Å²) in [5, 5.41) is 12.7. The second-order valence-electron chi connectivity index (χ2n) is 31.1. The van der Waals surface area contributed by atoms with Gasteiger partial charge in [-0.3, -0.25) is 0 Å². The van der Waals surface area contributed by atoms with Gasteiger partial charge in [-0.2, -0.15) is 0 Å². The van der Waals surface area contributed by atoms with Gasteiger partial charge in [0.15, 0.2) is 0 Å². The molecule has 0 saturated carbocycles. The van der Waals surface area contributed by atoms with Gasteiger partial charge in [-0.1, -0.05) is 296 Å². The minimum absolute atomic E-state index is 0.206. The van der Waals surface area contributed by atoms with E-state index in [1.807, 2.05) is 0 Å². The molecule has 0 saturated heterocycles. The molecule has 2 aliphatic rings. The van der Waals surface area contributed by atoms with Gasteiger partial charge in [-0.25, -0.2) is 0 Å². The standard InChI is InChI=1S/C100H73BN4/c1-99(2,3)70-55-78(63-30-14-8-15-31-63)97(79(56-70)64-32-16-9-17-33-64)104-88-54-69(62-28-12-7-13-29-62)46-50-82(88)101-83-51-49-72(102-84-44-24-22-40-74(84)75-41-23-25-45-85(75)102)59-89(83)105(98-80(65-34-18-10-19-35-65)57-71(100(4,5)6)58-81(98)66-36-20-11-21-37-66)91-61-73(60-90(104)96(91)101)103-86-52-47-67-38-26-42-76-77-43-27-39-68-48-53-87(103)95(93(68)77)94(86)92(67)76/h7-61H,1-6H3. The van der Waals surface area contributed by atoms with Crippen LogP contribution in [-0.4, -0.2) is 15.8 Å². The van der Waals surface area contributed by atoms with Gasteiger partial charge in [0.2, 0.25) is 0 Å². The molecule has 19 aromatic rings. The highest BCUT2D eigenvalue weighted by Gasteiger charge is 2.46. The summed E-state index contributed by atoms with van der Waals surface area (Å²) in [7, 11) is 0. The Hall–Kier alpha value is -12.7. The minimum atomic E-state index is -0.264. The maximum absolute atomic E-state index is 2.75. The lowest BCUT2D eigenvalue weighted by Gasteiger charge is -2.46. The molecule has 0 amide bonds. The predicted octanol–water partition coefficient (Wildman–Crippen LogP) is 25.2. The van der Waals surface area contributed by atoms with Gasteiger partial charge in [-0.15, -0.1) is 0 Å². The fraction of sp³-hybridized carbons (Fsp3) is 0.0800. The first-order valence-corrected chi connectivity index (χ1v) is 37.0. The van der Waals surface area contributed by atoms with Crippen LogP contribution < -0.4 is 26.2 Å². The second kappa shape index (κ2) is 22.9. The number of hydrogen-bond donors (Lipinski definition) is 0. The van der Waals surface area contributed by atoms with E-state index in [4.69, 9.17) is 0 Å². The number of anilines is 6. The van der Waals surface area contributed by atoms with Gasteiger partial charge in [-0.05, 0) is 183 Å². The fourth-order valence-corrected chi connectivity index (χ4v) is 18.2. The van der Waals surface area contributed by atoms with E-state index >= 15 is 0 Å².